The van der Waals surface area contributed by atoms with E-state index in [1.54, 1.807) is 0 Å². The van der Waals surface area contributed by atoms with Gasteiger partial charge in [-0.3, -0.25) is 14.4 Å². The lowest BCUT2D eigenvalue weighted by Crippen LogP contribution is -2.44. The largest absolute Gasteiger partial charge is 0.483 e. The highest BCUT2D eigenvalue weighted by Gasteiger charge is 2.48. The number of ketones is 2. The van der Waals surface area contributed by atoms with Gasteiger partial charge in [0.15, 0.2) is 18.2 Å². The smallest absolute Gasteiger partial charge is 0.262 e. The lowest BCUT2D eigenvalue weighted by atomic mass is 9.63. The number of aryl methyl sites for hydroxylation is 2. The molecule has 0 saturated heterocycles. The number of rotatable bonds is 6. The summed E-state index contributed by atoms with van der Waals surface area (Å²) in [5.41, 5.74) is 7.13. The monoisotopic (exact) mass is 632 g/mol. The molecule has 1 heterocycles. The second kappa shape index (κ2) is 11.1. The summed E-state index contributed by atoms with van der Waals surface area (Å²) in [5.74, 6) is 0.0985. The quantitative estimate of drug-likeness (QED) is 0.352. The van der Waals surface area contributed by atoms with Crippen molar-refractivity contribution >= 4 is 39.1 Å². The van der Waals surface area contributed by atoms with Gasteiger partial charge < -0.3 is 15.0 Å². The van der Waals surface area contributed by atoms with Crippen molar-refractivity contribution in [2.45, 2.75) is 80.1 Å². The minimum absolute atomic E-state index is 0.119. The summed E-state index contributed by atoms with van der Waals surface area (Å²) in [5, 5.41) is 2.91. The fraction of sp³-hybridized carbons (Fsp3) is 0.457. The number of anilines is 1. The predicted octanol–water partition coefficient (Wildman–Crippen LogP) is 7.79. The first-order valence-electron chi connectivity index (χ1n) is 14.8. The van der Waals surface area contributed by atoms with Gasteiger partial charge in [0.1, 0.15) is 5.75 Å². The Kier molecular flexibility index (Phi) is 8.03. The number of nitrogens with one attached hydrogen (secondary N) is 1. The van der Waals surface area contributed by atoms with E-state index in [1.165, 1.54) is 0 Å². The maximum absolute atomic E-state index is 13.8. The van der Waals surface area contributed by atoms with E-state index in [0.29, 0.717) is 23.1 Å². The fourth-order valence-electron chi connectivity index (χ4n) is 6.86. The van der Waals surface area contributed by atoms with Gasteiger partial charge in [0.05, 0.1) is 4.47 Å². The SMILES string of the molecule is CCN1C2=C(C(=O)CC(C)(C)C2)C(c2ccc(OCC(=O)Nc3ccc(C)cc3C)c(Br)c2)C2=C1CC(C)(C)CC2=O. The number of Topliss-reactive ketones (excluding diaryl/α,β-unsaturated/α-hetero) is 2. The summed E-state index contributed by atoms with van der Waals surface area (Å²) in [6.07, 6.45) is 2.50. The minimum atomic E-state index is -0.414. The second-order valence-corrected chi connectivity index (χ2v) is 14.5. The Morgan fingerprint density at radius 1 is 0.929 bits per heavy atom. The van der Waals surface area contributed by atoms with Gasteiger partial charge in [-0.2, -0.15) is 0 Å². The molecule has 1 aliphatic heterocycles. The molecule has 0 saturated carbocycles. The van der Waals surface area contributed by atoms with Crippen LogP contribution in [0.5, 0.6) is 5.75 Å². The van der Waals surface area contributed by atoms with Crippen LogP contribution in [0.2, 0.25) is 0 Å². The molecule has 7 heteroatoms. The molecule has 6 nitrogen and oxygen atoms in total. The molecule has 2 aromatic rings. The number of amides is 1. The molecule has 0 aromatic heterocycles. The summed E-state index contributed by atoms with van der Waals surface area (Å²) in [6.45, 7) is 15.2. The standard InChI is InChI=1S/C35H41BrN2O4/c1-8-38-25-15-34(4,5)17-27(39)32(25)31(33-26(38)16-35(6,7)18-28(33)40)22-10-12-29(23(36)14-22)42-19-30(41)37-24-11-9-20(2)13-21(24)3/h9-14,31H,8,15-19H2,1-7H3,(H,37,41). The third kappa shape index (κ3) is 5.85. The Labute approximate surface area is 257 Å². The number of hydrogen-bond donors (Lipinski definition) is 1. The topological polar surface area (TPSA) is 75.7 Å². The molecule has 0 bridgehead atoms. The molecule has 3 aliphatic rings. The average Bonchev–Trinajstić information content (AvgIpc) is 2.87. The molecule has 0 atom stereocenters. The Hall–Kier alpha value is -3.19. The Balaban J connectivity index is 1.47. The Morgan fingerprint density at radius 3 is 2.05 bits per heavy atom. The van der Waals surface area contributed by atoms with Crippen molar-refractivity contribution < 1.29 is 19.1 Å². The number of allylic oxidation sites excluding steroid dienone is 4. The van der Waals surface area contributed by atoms with E-state index in [-0.39, 0.29) is 34.9 Å². The first-order chi connectivity index (χ1) is 19.7. The van der Waals surface area contributed by atoms with Gasteiger partial charge in [0, 0.05) is 53.5 Å². The first kappa shape index (κ1) is 30.3. The van der Waals surface area contributed by atoms with Crippen LogP contribution in [-0.2, 0) is 14.4 Å². The van der Waals surface area contributed by atoms with Crippen LogP contribution >= 0.6 is 15.9 Å². The first-order valence-corrected chi connectivity index (χ1v) is 15.6. The third-order valence-corrected chi connectivity index (χ3v) is 9.26. The summed E-state index contributed by atoms with van der Waals surface area (Å²) in [4.78, 5) is 42.6. The zero-order valence-electron chi connectivity index (χ0n) is 25.7. The van der Waals surface area contributed by atoms with E-state index < -0.39 is 5.92 Å². The van der Waals surface area contributed by atoms with Crippen molar-refractivity contribution in [1.29, 1.82) is 0 Å². The molecule has 0 fully saturated rings. The number of halogens is 1. The Morgan fingerprint density at radius 2 is 1.52 bits per heavy atom. The van der Waals surface area contributed by atoms with Gasteiger partial charge in [-0.25, -0.2) is 0 Å². The highest BCUT2D eigenvalue weighted by Crippen LogP contribution is 2.54. The molecule has 42 heavy (non-hydrogen) atoms. The zero-order chi connectivity index (χ0) is 30.6. The van der Waals surface area contributed by atoms with Crippen molar-refractivity contribution in [2.75, 3.05) is 18.5 Å². The summed E-state index contributed by atoms with van der Waals surface area (Å²) < 4.78 is 6.57. The maximum Gasteiger partial charge on any atom is 0.262 e. The van der Waals surface area contributed by atoms with E-state index in [0.717, 1.165) is 64.3 Å². The second-order valence-electron chi connectivity index (χ2n) is 13.6. The van der Waals surface area contributed by atoms with E-state index in [2.05, 4.69) is 60.8 Å². The van der Waals surface area contributed by atoms with Gasteiger partial charge in [0.2, 0.25) is 0 Å². The zero-order valence-corrected chi connectivity index (χ0v) is 27.3. The van der Waals surface area contributed by atoms with Crippen LogP contribution in [0.3, 0.4) is 0 Å². The molecule has 0 unspecified atom stereocenters. The van der Waals surface area contributed by atoms with E-state index in [9.17, 15) is 14.4 Å². The average molecular weight is 634 g/mol. The molecule has 1 amide bonds. The molecule has 5 rings (SSSR count). The normalized spacial score (nSPS) is 20.0. The molecule has 1 N–H and O–H groups in total. The number of benzene rings is 2. The van der Waals surface area contributed by atoms with E-state index in [4.69, 9.17) is 4.74 Å². The van der Waals surface area contributed by atoms with Crippen LogP contribution in [0.15, 0.2) is 63.4 Å². The van der Waals surface area contributed by atoms with Crippen LogP contribution < -0.4 is 10.1 Å². The van der Waals surface area contributed by atoms with Gasteiger partial charge >= 0.3 is 0 Å². The molecule has 0 radical (unpaired) electrons. The van der Waals surface area contributed by atoms with Crippen LogP contribution in [-0.4, -0.2) is 35.5 Å². The van der Waals surface area contributed by atoms with E-state index in [1.807, 2.05) is 50.2 Å². The number of carbonyl (C=O) groups excluding carboxylic acids is 3. The van der Waals surface area contributed by atoms with E-state index >= 15 is 0 Å². The number of hydrogen-bond acceptors (Lipinski definition) is 5. The molecule has 2 aliphatic carbocycles. The number of carbonyl (C=O) groups is 3. The summed E-state index contributed by atoms with van der Waals surface area (Å²) in [7, 11) is 0. The van der Waals surface area contributed by atoms with Gasteiger partial charge in [0.25, 0.3) is 5.91 Å². The van der Waals surface area contributed by atoms with Crippen LogP contribution in [0.1, 0.15) is 82.9 Å². The fourth-order valence-corrected chi connectivity index (χ4v) is 7.37. The molecular weight excluding hydrogens is 592 g/mol. The molecular formula is C35H41BrN2O4. The number of nitrogens with zero attached hydrogens (tertiary/aromatic N) is 1. The van der Waals surface area contributed by atoms with Gasteiger partial charge in [-0.1, -0.05) is 51.5 Å². The predicted molar refractivity (Wildman–Crippen MR) is 169 cm³/mol. The minimum Gasteiger partial charge on any atom is -0.483 e. The summed E-state index contributed by atoms with van der Waals surface area (Å²) >= 11 is 3.65. The van der Waals surface area contributed by atoms with Crippen molar-refractivity contribution in [3.63, 3.8) is 0 Å². The summed E-state index contributed by atoms with van der Waals surface area (Å²) in [6, 6.07) is 11.6. The van der Waals surface area contributed by atoms with Crippen molar-refractivity contribution in [3.8, 4) is 5.75 Å². The van der Waals surface area contributed by atoms with Crippen molar-refractivity contribution in [3.05, 3.63) is 80.1 Å². The van der Waals surface area contributed by atoms with Crippen molar-refractivity contribution in [2.24, 2.45) is 10.8 Å². The maximum atomic E-state index is 13.8. The lowest BCUT2D eigenvalue weighted by Gasteiger charge is -2.48. The molecule has 2 aromatic carbocycles. The lowest BCUT2D eigenvalue weighted by molar-refractivity contribution is -0.120. The highest BCUT2D eigenvalue weighted by atomic mass is 79.9. The van der Waals surface area contributed by atoms with Gasteiger partial charge in [-0.15, -0.1) is 0 Å². The van der Waals surface area contributed by atoms with Crippen LogP contribution in [0, 0.1) is 24.7 Å². The highest BCUT2D eigenvalue weighted by molar-refractivity contribution is 9.10. The van der Waals surface area contributed by atoms with Crippen molar-refractivity contribution in [1.82, 2.24) is 4.90 Å². The molecule has 222 valence electrons. The van der Waals surface area contributed by atoms with Crippen LogP contribution in [0.4, 0.5) is 5.69 Å². The van der Waals surface area contributed by atoms with Gasteiger partial charge in [-0.05, 0) is 89.7 Å². The number of ether oxygens (including phenoxy) is 1. The van der Waals surface area contributed by atoms with Crippen LogP contribution in [0.25, 0.3) is 0 Å². The third-order valence-electron chi connectivity index (χ3n) is 8.64. The Bertz CT molecular complexity index is 1490. The molecule has 0 spiro atoms.